The molecule has 0 bridgehead atoms. The molecule has 0 saturated heterocycles. The van der Waals surface area contributed by atoms with E-state index >= 15 is 0 Å². The van der Waals surface area contributed by atoms with E-state index < -0.39 is 69.4 Å². The van der Waals surface area contributed by atoms with Crippen LogP contribution in [-0.4, -0.2) is 106 Å². The second-order valence-electron chi connectivity index (χ2n) is 10.7. The van der Waals surface area contributed by atoms with Gasteiger partial charge in [-0.15, -0.1) is 0 Å². The fourth-order valence-corrected chi connectivity index (χ4v) is 9.49. The predicted octanol–water partition coefficient (Wildman–Crippen LogP) is 3.43. The Morgan fingerprint density at radius 1 is 0.500 bits per heavy atom. The molecular weight excluding hydrogens is 649 g/mol. The molecule has 0 fully saturated rings. The van der Waals surface area contributed by atoms with Gasteiger partial charge in [-0.3, -0.25) is 29.4 Å². The van der Waals surface area contributed by atoms with E-state index in [1.807, 2.05) is 41.5 Å². The average molecular weight is 703 g/mol. The van der Waals surface area contributed by atoms with Crippen molar-refractivity contribution in [2.75, 3.05) is 71.1 Å². The first-order valence-corrected chi connectivity index (χ1v) is 20.2. The van der Waals surface area contributed by atoms with Crippen molar-refractivity contribution in [3.8, 4) is 0 Å². The van der Waals surface area contributed by atoms with Crippen LogP contribution in [0.1, 0.15) is 80.1 Å². The zero-order valence-corrected chi connectivity index (χ0v) is 30.7. The molecule has 0 aliphatic heterocycles. The maximum atomic E-state index is 13.3. The van der Waals surface area contributed by atoms with Gasteiger partial charge in [0.1, 0.15) is 0 Å². The van der Waals surface area contributed by atoms with Crippen LogP contribution < -0.4 is 0 Å². The van der Waals surface area contributed by atoms with Gasteiger partial charge in [0, 0.05) is 49.7 Å². The third kappa shape index (κ3) is 16.2. The van der Waals surface area contributed by atoms with E-state index in [-0.39, 0.29) is 51.1 Å². The Kier molecular flexibility index (Phi) is 23.2. The molecule has 0 aromatic carbocycles. The number of hydrogen-bond acceptors (Lipinski definition) is 11. The van der Waals surface area contributed by atoms with Crippen LogP contribution in [0.25, 0.3) is 0 Å². The lowest BCUT2D eigenvalue weighted by Gasteiger charge is -2.30. The Balaban J connectivity index is 4.91. The number of rotatable bonds is 28. The smallest absolute Gasteiger partial charge is 0.304 e. The van der Waals surface area contributed by atoms with Gasteiger partial charge in [0.15, 0.2) is 0 Å². The molecule has 0 aliphatic carbocycles. The van der Waals surface area contributed by atoms with Crippen LogP contribution in [0.2, 0.25) is 0 Å². The minimum absolute atomic E-state index is 0.0405. The summed E-state index contributed by atoms with van der Waals surface area (Å²) in [6, 6.07) is 0. The Hall–Kier alpha value is 0.510. The van der Waals surface area contributed by atoms with E-state index in [1.165, 1.54) is 14.2 Å². The molecule has 0 radical (unpaired) electrons. The standard InChI is InChI=1S/C26H54O11S5/c1-9-12-24(4,21-35-16-19-39(28)26(6,14-11-3)23-37-42(31)33-8)38(27)18-15-34-22-25(5,13-10-2)40(29)20-17-36-41(30)32-7/h9-23H2,1-8H3/t24-,25-,26-,38?,39?,40?,41?,42?/m0/s1. The molecule has 0 saturated carbocycles. The summed E-state index contributed by atoms with van der Waals surface area (Å²) in [6.45, 7) is 12.7. The van der Waals surface area contributed by atoms with Gasteiger partial charge >= 0.3 is 22.7 Å². The SMILES string of the molecule is CCC[C@@](C)(COCCS(=O)[C@@](C)(CCC)COS(=O)OC)S(=O)CCOC[C@](C)(CCC)S(=O)CCOS(=O)OC. The molecule has 0 N–H and O–H groups in total. The first-order valence-electron chi connectivity index (χ1n) is 14.3. The van der Waals surface area contributed by atoms with Crippen molar-refractivity contribution in [3.05, 3.63) is 0 Å². The Bertz CT molecular complexity index is 878. The summed E-state index contributed by atoms with van der Waals surface area (Å²) in [4.78, 5) is 0. The third-order valence-electron chi connectivity index (χ3n) is 6.81. The van der Waals surface area contributed by atoms with E-state index in [9.17, 15) is 21.0 Å². The highest BCUT2D eigenvalue weighted by atomic mass is 32.2. The van der Waals surface area contributed by atoms with Crippen LogP contribution in [0.3, 0.4) is 0 Å². The summed E-state index contributed by atoms with van der Waals surface area (Å²) >= 11 is -3.74. The molecule has 0 aliphatic rings. The zero-order valence-electron chi connectivity index (χ0n) is 26.6. The predicted molar refractivity (Wildman–Crippen MR) is 173 cm³/mol. The topological polar surface area (TPSA) is 141 Å². The van der Waals surface area contributed by atoms with E-state index in [4.69, 9.17) is 17.8 Å². The zero-order chi connectivity index (χ0) is 32.2. The number of hydrogen-bond donors (Lipinski definition) is 0. The molecule has 42 heavy (non-hydrogen) atoms. The quantitative estimate of drug-likeness (QED) is 0.111. The molecule has 0 rings (SSSR count). The van der Waals surface area contributed by atoms with E-state index in [1.54, 1.807) is 0 Å². The fraction of sp³-hybridized carbons (Fsp3) is 1.00. The van der Waals surface area contributed by atoms with Crippen LogP contribution in [-0.2, 0) is 81.3 Å². The fourth-order valence-electron chi connectivity index (χ4n) is 4.37. The summed E-state index contributed by atoms with van der Waals surface area (Å²) in [6.07, 6.45) is 4.42. The summed E-state index contributed by atoms with van der Waals surface area (Å²) < 4.78 is 91.5. The molecule has 0 aromatic rings. The highest BCUT2D eigenvalue weighted by Crippen LogP contribution is 2.25. The molecule has 0 aromatic heterocycles. The van der Waals surface area contributed by atoms with Gasteiger partial charge in [0.25, 0.3) is 0 Å². The summed E-state index contributed by atoms with van der Waals surface area (Å²) in [5.41, 5.74) is 0. The van der Waals surface area contributed by atoms with Crippen LogP contribution in [0, 0.1) is 0 Å². The molecule has 8 atom stereocenters. The van der Waals surface area contributed by atoms with Crippen molar-refractivity contribution < 1.29 is 47.3 Å². The molecule has 11 nitrogen and oxygen atoms in total. The molecule has 16 heteroatoms. The Labute approximate surface area is 266 Å². The first-order chi connectivity index (χ1) is 19.8. The van der Waals surface area contributed by atoms with E-state index in [0.717, 1.165) is 19.3 Å². The van der Waals surface area contributed by atoms with Crippen LogP contribution in [0.4, 0.5) is 0 Å². The van der Waals surface area contributed by atoms with Crippen molar-refractivity contribution in [2.45, 2.75) is 94.3 Å². The molecule has 254 valence electrons. The summed E-state index contributed by atoms with van der Waals surface area (Å²) in [5, 5.41) is 0. The Morgan fingerprint density at radius 3 is 1.19 bits per heavy atom. The van der Waals surface area contributed by atoms with Crippen LogP contribution in [0.5, 0.6) is 0 Å². The minimum Gasteiger partial charge on any atom is -0.379 e. The lowest BCUT2D eigenvalue weighted by Crippen LogP contribution is -2.41. The molecule has 5 unspecified atom stereocenters. The van der Waals surface area contributed by atoms with E-state index in [2.05, 4.69) is 8.37 Å². The lowest BCUT2D eigenvalue weighted by molar-refractivity contribution is 0.119. The molecule has 0 spiro atoms. The van der Waals surface area contributed by atoms with Crippen LogP contribution >= 0.6 is 0 Å². The van der Waals surface area contributed by atoms with Gasteiger partial charge in [0.05, 0.1) is 68.1 Å². The van der Waals surface area contributed by atoms with Gasteiger partial charge in [-0.1, -0.05) is 40.0 Å². The third-order valence-corrected chi connectivity index (χ3v) is 13.9. The summed E-state index contributed by atoms with van der Waals surface area (Å²) in [7, 11) is -1.30. The second kappa shape index (κ2) is 22.9. The number of ether oxygens (including phenoxy) is 2. The van der Waals surface area contributed by atoms with Crippen LogP contribution in [0.15, 0.2) is 0 Å². The van der Waals surface area contributed by atoms with Gasteiger partial charge in [-0.25, -0.2) is 0 Å². The van der Waals surface area contributed by atoms with Gasteiger partial charge < -0.3 is 9.47 Å². The average Bonchev–Trinajstić information content (AvgIpc) is 2.96. The van der Waals surface area contributed by atoms with Crippen molar-refractivity contribution in [3.63, 3.8) is 0 Å². The maximum Gasteiger partial charge on any atom is 0.304 e. The summed E-state index contributed by atoms with van der Waals surface area (Å²) in [5.74, 6) is 0.783. The lowest BCUT2D eigenvalue weighted by atomic mass is 10.1. The van der Waals surface area contributed by atoms with Crippen molar-refractivity contribution >= 4 is 55.1 Å². The largest absolute Gasteiger partial charge is 0.379 e. The molecule has 0 amide bonds. The van der Waals surface area contributed by atoms with Crippen molar-refractivity contribution in [2.24, 2.45) is 0 Å². The monoisotopic (exact) mass is 702 g/mol. The van der Waals surface area contributed by atoms with Gasteiger partial charge in [0.2, 0.25) is 0 Å². The van der Waals surface area contributed by atoms with E-state index in [0.29, 0.717) is 25.0 Å². The minimum atomic E-state index is -1.88. The van der Waals surface area contributed by atoms with Crippen molar-refractivity contribution in [1.82, 2.24) is 0 Å². The second-order valence-corrected chi connectivity index (χ2v) is 18.9. The highest BCUT2D eigenvalue weighted by molar-refractivity contribution is 7.87. The Morgan fingerprint density at radius 2 is 0.833 bits per heavy atom. The van der Waals surface area contributed by atoms with Gasteiger partial charge in [-0.2, -0.15) is 8.42 Å². The first kappa shape index (κ1) is 42.5. The molecule has 0 heterocycles. The van der Waals surface area contributed by atoms with Gasteiger partial charge in [-0.05, 0) is 40.0 Å². The normalized spacial score (nSPS) is 20.1. The van der Waals surface area contributed by atoms with Crippen molar-refractivity contribution in [1.29, 1.82) is 0 Å². The highest BCUT2D eigenvalue weighted by Gasteiger charge is 2.35. The maximum absolute atomic E-state index is 13.3. The molecular formula is C26H54O11S5.